The van der Waals surface area contributed by atoms with Crippen LogP contribution in [0.25, 0.3) is 11.6 Å². The summed E-state index contributed by atoms with van der Waals surface area (Å²) >= 11 is 0. The third kappa shape index (κ3) is 8.92. The lowest BCUT2D eigenvalue weighted by atomic mass is 9.95. The molecule has 1 saturated heterocycles. The Morgan fingerprint density at radius 2 is 1.64 bits per heavy atom. The molecular weight excluding hydrogens is 677 g/mol. The van der Waals surface area contributed by atoms with Gasteiger partial charge in [0, 0.05) is 24.7 Å². The molecule has 266 valence electrons. The number of hydrogen-bond donors (Lipinski definition) is 0. The summed E-state index contributed by atoms with van der Waals surface area (Å²) in [5, 5.41) is 16.3. The Kier molecular flexibility index (Phi) is 10.2. The summed E-state index contributed by atoms with van der Waals surface area (Å²) < 4.78 is 106. The summed E-state index contributed by atoms with van der Waals surface area (Å²) in [6.45, 7) is 5.81. The van der Waals surface area contributed by atoms with Crippen LogP contribution in [-0.2, 0) is 34.8 Å². The van der Waals surface area contributed by atoms with Gasteiger partial charge >= 0.3 is 18.4 Å². The minimum atomic E-state index is -5.19. The Balaban J connectivity index is 1.34. The fourth-order valence-corrected chi connectivity index (χ4v) is 5.32. The van der Waals surface area contributed by atoms with E-state index in [1.807, 2.05) is 0 Å². The standard InChI is InChI=1S/C33H31F7N6O4/c1-31(2,3)50-30(48)45-14-4-5-20(17-45)25-12-13-26(42-41-25)29-44-43-27(49-29)18-46(23-10-8-22(34)9-11-23)28(47)15-19-6-7-21(32(35,36)37)16-24(19)33(38,39)40/h6-13,16,20H,4-5,14-15,17-18H2,1-3H3. The number of aromatic nitrogens is 4. The van der Waals surface area contributed by atoms with E-state index in [-0.39, 0.29) is 35.1 Å². The van der Waals surface area contributed by atoms with Crippen LogP contribution < -0.4 is 4.90 Å². The second-order valence-corrected chi connectivity index (χ2v) is 12.6. The molecule has 0 radical (unpaired) electrons. The summed E-state index contributed by atoms with van der Waals surface area (Å²) in [5.41, 5.74) is -3.63. The number of amides is 2. The molecule has 4 aromatic rings. The Morgan fingerprint density at radius 3 is 2.26 bits per heavy atom. The van der Waals surface area contributed by atoms with E-state index in [0.29, 0.717) is 30.9 Å². The molecule has 3 heterocycles. The maximum Gasteiger partial charge on any atom is 0.416 e. The highest BCUT2D eigenvalue weighted by atomic mass is 19.4. The molecular formula is C33H31F7N6O4. The lowest BCUT2D eigenvalue weighted by molar-refractivity contribution is -0.143. The van der Waals surface area contributed by atoms with E-state index in [1.54, 1.807) is 37.8 Å². The highest BCUT2D eigenvalue weighted by molar-refractivity contribution is 5.94. The smallest absolute Gasteiger partial charge is 0.416 e. The third-order valence-corrected chi connectivity index (χ3v) is 7.68. The van der Waals surface area contributed by atoms with Crippen LogP contribution in [0.5, 0.6) is 0 Å². The van der Waals surface area contributed by atoms with E-state index in [1.165, 1.54) is 12.1 Å². The number of carbonyl (C=O) groups is 2. The first-order valence-electron chi connectivity index (χ1n) is 15.3. The van der Waals surface area contributed by atoms with E-state index in [9.17, 15) is 40.3 Å². The second kappa shape index (κ2) is 14.0. The Hall–Kier alpha value is -5.09. The van der Waals surface area contributed by atoms with Crippen molar-refractivity contribution in [2.45, 2.75) is 70.4 Å². The van der Waals surface area contributed by atoms with Gasteiger partial charge in [-0.2, -0.15) is 31.4 Å². The molecule has 1 unspecified atom stereocenters. The second-order valence-electron chi connectivity index (χ2n) is 12.6. The zero-order valence-corrected chi connectivity index (χ0v) is 27.0. The highest BCUT2D eigenvalue weighted by Gasteiger charge is 2.39. The van der Waals surface area contributed by atoms with E-state index in [4.69, 9.17) is 9.15 Å². The number of rotatable bonds is 7. The number of halogens is 7. The Labute approximate surface area is 281 Å². The van der Waals surface area contributed by atoms with Crippen molar-refractivity contribution >= 4 is 17.7 Å². The van der Waals surface area contributed by atoms with Gasteiger partial charge in [0.25, 0.3) is 5.89 Å². The van der Waals surface area contributed by atoms with Crippen molar-refractivity contribution in [3.05, 3.63) is 88.7 Å². The summed E-state index contributed by atoms with van der Waals surface area (Å²) in [6.07, 6.45) is -10.1. The van der Waals surface area contributed by atoms with Crippen LogP contribution in [-0.4, -0.2) is 56.0 Å². The summed E-state index contributed by atoms with van der Waals surface area (Å²) in [6, 6.07) is 8.72. The topological polar surface area (TPSA) is 115 Å². The molecule has 1 fully saturated rings. The van der Waals surface area contributed by atoms with Gasteiger partial charge in [0.15, 0.2) is 0 Å². The number of likely N-dealkylation sites (tertiary alicyclic amines) is 1. The zero-order valence-electron chi connectivity index (χ0n) is 27.0. The Morgan fingerprint density at radius 1 is 0.920 bits per heavy atom. The van der Waals surface area contributed by atoms with Crippen molar-refractivity contribution in [2.75, 3.05) is 18.0 Å². The molecule has 2 amide bonds. The van der Waals surface area contributed by atoms with E-state index in [0.717, 1.165) is 29.9 Å². The molecule has 1 aliphatic heterocycles. The van der Waals surface area contributed by atoms with Crippen molar-refractivity contribution in [1.82, 2.24) is 25.3 Å². The van der Waals surface area contributed by atoms with Crippen LogP contribution in [0, 0.1) is 5.82 Å². The van der Waals surface area contributed by atoms with Gasteiger partial charge in [0.05, 0.1) is 23.2 Å². The molecule has 2 aromatic heterocycles. The van der Waals surface area contributed by atoms with Gasteiger partial charge in [-0.05, 0) is 87.7 Å². The van der Waals surface area contributed by atoms with Crippen LogP contribution in [0.1, 0.15) is 67.8 Å². The van der Waals surface area contributed by atoms with Crippen molar-refractivity contribution in [3.8, 4) is 11.6 Å². The summed E-state index contributed by atoms with van der Waals surface area (Å²) in [5.74, 6) is -2.00. The van der Waals surface area contributed by atoms with Gasteiger partial charge in [-0.25, -0.2) is 9.18 Å². The van der Waals surface area contributed by atoms with Crippen molar-refractivity contribution in [2.24, 2.45) is 0 Å². The lowest BCUT2D eigenvalue weighted by Crippen LogP contribution is -2.42. The maximum atomic E-state index is 13.8. The van der Waals surface area contributed by atoms with E-state index in [2.05, 4.69) is 20.4 Å². The fraction of sp³-hybridized carbons (Fsp3) is 0.394. The molecule has 1 aliphatic rings. The number of ether oxygens (including phenoxy) is 1. The van der Waals surface area contributed by atoms with Crippen LogP contribution in [0.3, 0.4) is 0 Å². The summed E-state index contributed by atoms with van der Waals surface area (Å²) in [4.78, 5) is 28.6. The minimum absolute atomic E-state index is 0.0489. The van der Waals surface area contributed by atoms with Gasteiger partial charge in [0.2, 0.25) is 11.8 Å². The highest BCUT2D eigenvalue weighted by Crippen LogP contribution is 2.38. The van der Waals surface area contributed by atoms with Crippen molar-refractivity contribution in [3.63, 3.8) is 0 Å². The molecule has 0 spiro atoms. The monoisotopic (exact) mass is 708 g/mol. The largest absolute Gasteiger partial charge is 0.444 e. The van der Waals surface area contributed by atoms with Crippen LogP contribution in [0.4, 0.5) is 41.2 Å². The Bertz CT molecular complexity index is 1820. The van der Waals surface area contributed by atoms with Gasteiger partial charge in [-0.1, -0.05) is 6.07 Å². The zero-order chi connectivity index (χ0) is 36.4. The predicted molar refractivity (Wildman–Crippen MR) is 163 cm³/mol. The van der Waals surface area contributed by atoms with Crippen LogP contribution in [0.2, 0.25) is 0 Å². The molecule has 0 N–H and O–H groups in total. The van der Waals surface area contributed by atoms with Crippen molar-refractivity contribution < 1.29 is 49.5 Å². The normalized spacial score (nSPS) is 15.6. The molecule has 0 bridgehead atoms. The number of benzene rings is 2. The number of piperidine rings is 1. The van der Waals surface area contributed by atoms with Gasteiger partial charge in [0.1, 0.15) is 23.7 Å². The first kappa shape index (κ1) is 36.2. The first-order chi connectivity index (χ1) is 23.4. The third-order valence-electron chi connectivity index (χ3n) is 7.68. The molecule has 50 heavy (non-hydrogen) atoms. The number of anilines is 1. The van der Waals surface area contributed by atoms with E-state index >= 15 is 0 Å². The molecule has 10 nitrogen and oxygen atoms in total. The molecule has 2 aromatic carbocycles. The van der Waals surface area contributed by atoms with E-state index < -0.39 is 65.4 Å². The lowest BCUT2D eigenvalue weighted by Gasteiger charge is -2.33. The average Bonchev–Trinajstić information content (AvgIpc) is 3.51. The molecule has 5 rings (SSSR count). The van der Waals surface area contributed by atoms with Crippen molar-refractivity contribution in [1.29, 1.82) is 0 Å². The SMILES string of the molecule is CC(C)(C)OC(=O)N1CCCC(c2ccc(-c3nnc(CN(C(=O)Cc4ccc(C(F)(F)F)cc4C(F)(F)F)c4ccc(F)cc4)o3)nn2)C1. The quantitative estimate of drug-likeness (QED) is 0.181. The van der Waals surface area contributed by atoms with Crippen LogP contribution in [0.15, 0.2) is 59.0 Å². The predicted octanol–water partition coefficient (Wildman–Crippen LogP) is 7.59. The van der Waals surface area contributed by atoms with Crippen LogP contribution >= 0.6 is 0 Å². The number of carbonyl (C=O) groups excluding carboxylic acids is 2. The van der Waals surface area contributed by atoms with Gasteiger partial charge < -0.3 is 19.0 Å². The maximum absolute atomic E-state index is 13.8. The average molecular weight is 709 g/mol. The summed E-state index contributed by atoms with van der Waals surface area (Å²) in [7, 11) is 0. The minimum Gasteiger partial charge on any atom is -0.444 e. The number of hydrogen-bond acceptors (Lipinski definition) is 8. The molecule has 1 atom stereocenters. The number of alkyl halides is 6. The molecule has 0 saturated carbocycles. The molecule has 0 aliphatic carbocycles. The number of nitrogens with zero attached hydrogens (tertiary/aromatic N) is 6. The van der Waals surface area contributed by atoms with Gasteiger partial charge in [-0.15, -0.1) is 15.3 Å². The first-order valence-corrected chi connectivity index (χ1v) is 15.3. The fourth-order valence-electron chi connectivity index (χ4n) is 5.32. The van der Waals surface area contributed by atoms with Gasteiger partial charge in [-0.3, -0.25) is 4.79 Å². The molecule has 17 heteroatoms.